The van der Waals surface area contributed by atoms with Gasteiger partial charge in [0, 0.05) is 31.9 Å². The molecule has 2 heterocycles. The number of carbonyl (C=O) groups is 1. The van der Waals surface area contributed by atoms with Crippen molar-refractivity contribution >= 4 is 5.97 Å². The van der Waals surface area contributed by atoms with Gasteiger partial charge in [0.05, 0.1) is 11.8 Å². The molecule has 6 heteroatoms. The van der Waals surface area contributed by atoms with Gasteiger partial charge in [0.15, 0.2) is 6.10 Å². The number of nitrogens with zero attached hydrogens (tertiary/aromatic N) is 2. The molecule has 2 N–H and O–H groups in total. The van der Waals surface area contributed by atoms with Gasteiger partial charge < -0.3 is 15.2 Å². The molecule has 0 aliphatic carbocycles. The van der Waals surface area contributed by atoms with Gasteiger partial charge in [0.2, 0.25) is 0 Å². The summed E-state index contributed by atoms with van der Waals surface area (Å²) in [6, 6.07) is 0. The van der Waals surface area contributed by atoms with Crippen LogP contribution in [0.25, 0.3) is 0 Å². The molecule has 0 aromatic carbocycles. The van der Waals surface area contributed by atoms with Crippen molar-refractivity contribution in [2.45, 2.75) is 44.9 Å². The number of nitrogens with one attached hydrogen (secondary N) is 1. The smallest absolute Gasteiger partial charge is 0.332 e. The molecule has 1 aromatic rings. The minimum atomic E-state index is -0.858. The van der Waals surface area contributed by atoms with Crippen LogP contribution in [-0.2, 0) is 29.5 Å². The van der Waals surface area contributed by atoms with Crippen LogP contribution >= 0.6 is 0 Å². The topological polar surface area (TPSA) is 76.4 Å². The van der Waals surface area contributed by atoms with Gasteiger partial charge in [-0.05, 0) is 19.3 Å². The van der Waals surface area contributed by atoms with Crippen molar-refractivity contribution in [1.82, 2.24) is 15.1 Å². The molecule has 1 aromatic heterocycles. The standard InChI is InChI=1S/C13H21N3O3/c1-3-11-9(8-16(2)15-11)6-14-7-10-4-5-12(19-10)13(17)18/h8,10,12,14H,3-7H2,1-2H3,(H,17,18). The largest absolute Gasteiger partial charge is 0.479 e. The predicted octanol–water partition coefficient (Wildman–Crippen LogP) is 0.704. The molecule has 0 amide bonds. The number of hydrogen-bond acceptors (Lipinski definition) is 4. The second-order valence-corrected chi connectivity index (χ2v) is 4.92. The van der Waals surface area contributed by atoms with E-state index < -0.39 is 12.1 Å². The Kier molecular flexibility index (Phi) is 4.55. The Morgan fingerprint density at radius 2 is 2.42 bits per heavy atom. The minimum absolute atomic E-state index is 0.00264. The number of rotatable bonds is 6. The van der Waals surface area contributed by atoms with Crippen molar-refractivity contribution in [3.8, 4) is 0 Å². The summed E-state index contributed by atoms with van der Waals surface area (Å²) in [5.41, 5.74) is 2.29. The van der Waals surface area contributed by atoms with Crippen LogP contribution in [0.3, 0.4) is 0 Å². The monoisotopic (exact) mass is 267 g/mol. The van der Waals surface area contributed by atoms with Crippen LogP contribution in [-0.4, -0.2) is 39.6 Å². The zero-order chi connectivity index (χ0) is 13.8. The molecule has 19 heavy (non-hydrogen) atoms. The number of aryl methyl sites for hydroxylation is 2. The number of carboxylic acids is 1. The van der Waals surface area contributed by atoms with Crippen LogP contribution in [0.4, 0.5) is 0 Å². The Morgan fingerprint density at radius 1 is 1.63 bits per heavy atom. The zero-order valence-electron chi connectivity index (χ0n) is 11.4. The summed E-state index contributed by atoms with van der Waals surface area (Å²) in [7, 11) is 1.92. The van der Waals surface area contributed by atoms with Gasteiger partial charge in [-0.1, -0.05) is 6.92 Å². The summed E-state index contributed by atoms with van der Waals surface area (Å²) >= 11 is 0. The highest BCUT2D eigenvalue weighted by atomic mass is 16.5. The average Bonchev–Trinajstić information content (AvgIpc) is 2.96. The second kappa shape index (κ2) is 6.16. The van der Waals surface area contributed by atoms with Crippen molar-refractivity contribution in [1.29, 1.82) is 0 Å². The van der Waals surface area contributed by atoms with E-state index in [1.54, 1.807) is 0 Å². The lowest BCUT2D eigenvalue weighted by molar-refractivity contribution is -0.149. The third kappa shape index (κ3) is 3.54. The highest BCUT2D eigenvalue weighted by Gasteiger charge is 2.29. The van der Waals surface area contributed by atoms with Crippen molar-refractivity contribution < 1.29 is 14.6 Å². The Bertz CT molecular complexity index is 444. The fraction of sp³-hybridized carbons (Fsp3) is 0.692. The maximum absolute atomic E-state index is 10.8. The predicted molar refractivity (Wildman–Crippen MR) is 69.8 cm³/mol. The molecule has 2 unspecified atom stereocenters. The first-order valence-corrected chi connectivity index (χ1v) is 6.70. The summed E-state index contributed by atoms with van der Waals surface area (Å²) in [4.78, 5) is 10.8. The summed E-state index contributed by atoms with van der Waals surface area (Å²) in [6.07, 6.45) is 3.71. The number of hydrogen-bond donors (Lipinski definition) is 2. The van der Waals surface area contributed by atoms with Gasteiger partial charge in [0.1, 0.15) is 0 Å². The van der Waals surface area contributed by atoms with Crippen molar-refractivity contribution in [3.05, 3.63) is 17.5 Å². The molecular formula is C13H21N3O3. The van der Waals surface area contributed by atoms with E-state index in [9.17, 15) is 4.79 Å². The highest BCUT2D eigenvalue weighted by Crippen LogP contribution is 2.19. The van der Waals surface area contributed by atoms with Crippen LogP contribution in [0.15, 0.2) is 6.20 Å². The Morgan fingerprint density at radius 3 is 3.05 bits per heavy atom. The van der Waals surface area contributed by atoms with E-state index in [0.29, 0.717) is 13.0 Å². The van der Waals surface area contributed by atoms with E-state index in [-0.39, 0.29) is 6.10 Å². The Hall–Kier alpha value is -1.40. The third-order valence-corrected chi connectivity index (χ3v) is 3.40. The second-order valence-electron chi connectivity index (χ2n) is 4.92. The lowest BCUT2D eigenvalue weighted by atomic mass is 10.2. The number of aliphatic carboxylic acids is 1. The van der Waals surface area contributed by atoms with Crippen LogP contribution < -0.4 is 5.32 Å². The first kappa shape index (κ1) is 14.0. The Labute approximate surface area is 112 Å². The quantitative estimate of drug-likeness (QED) is 0.793. The van der Waals surface area contributed by atoms with Gasteiger partial charge in [-0.3, -0.25) is 4.68 Å². The summed E-state index contributed by atoms with van der Waals surface area (Å²) in [5.74, 6) is -0.858. The molecule has 106 valence electrons. The molecule has 0 radical (unpaired) electrons. The number of ether oxygens (including phenoxy) is 1. The molecule has 0 saturated carbocycles. The zero-order valence-corrected chi connectivity index (χ0v) is 11.4. The SMILES string of the molecule is CCc1nn(C)cc1CNCC1CCC(C(=O)O)O1. The first-order chi connectivity index (χ1) is 9.10. The molecular weight excluding hydrogens is 246 g/mol. The van der Waals surface area contributed by atoms with E-state index in [0.717, 1.165) is 25.1 Å². The molecule has 1 aliphatic heterocycles. The van der Waals surface area contributed by atoms with Crippen molar-refractivity contribution in [2.24, 2.45) is 7.05 Å². The normalized spacial score (nSPS) is 22.8. The first-order valence-electron chi connectivity index (χ1n) is 6.70. The maximum atomic E-state index is 10.8. The molecule has 2 rings (SSSR count). The van der Waals surface area contributed by atoms with Crippen LogP contribution in [0.2, 0.25) is 0 Å². The molecule has 6 nitrogen and oxygen atoms in total. The molecule has 2 atom stereocenters. The summed E-state index contributed by atoms with van der Waals surface area (Å²) in [6.45, 7) is 3.51. The highest BCUT2D eigenvalue weighted by molar-refractivity contribution is 5.72. The van der Waals surface area contributed by atoms with Gasteiger partial charge in [-0.25, -0.2) is 4.79 Å². The van der Waals surface area contributed by atoms with Crippen LogP contribution in [0.1, 0.15) is 31.0 Å². The lowest BCUT2D eigenvalue weighted by Crippen LogP contribution is -2.28. The fourth-order valence-electron chi connectivity index (χ4n) is 2.43. The number of aromatic nitrogens is 2. The maximum Gasteiger partial charge on any atom is 0.332 e. The summed E-state index contributed by atoms with van der Waals surface area (Å²) in [5, 5.41) is 16.6. The van der Waals surface area contributed by atoms with Gasteiger partial charge in [-0.2, -0.15) is 5.10 Å². The van der Waals surface area contributed by atoms with Gasteiger partial charge >= 0.3 is 5.97 Å². The Balaban J connectivity index is 1.76. The van der Waals surface area contributed by atoms with Crippen LogP contribution in [0, 0.1) is 0 Å². The van der Waals surface area contributed by atoms with Crippen molar-refractivity contribution in [2.75, 3.05) is 6.54 Å². The number of carboxylic acid groups (broad SMARTS) is 1. The minimum Gasteiger partial charge on any atom is -0.479 e. The van der Waals surface area contributed by atoms with Gasteiger partial charge in [0.25, 0.3) is 0 Å². The molecule has 1 aliphatic rings. The van der Waals surface area contributed by atoms with E-state index in [1.165, 1.54) is 5.56 Å². The molecule has 0 spiro atoms. The molecule has 1 saturated heterocycles. The van der Waals surface area contributed by atoms with E-state index in [1.807, 2.05) is 17.9 Å². The van der Waals surface area contributed by atoms with E-state index in [4.69, 9.17) is 9.84 Å². The third-order valence-electron chi connectivity index (χ3n) is 3.40. The van der Waals surface area contributed by atoms with E-state index >= 15 is 0 Å². The van der Waals surface area contributed by atoms with E-state index in [2.05, 4.69) is 17.3 Å². The lowest BCUT2D eigenvalue weighted by Gasteiger charge is -2.12. The van der Waals surface area contributed by atoms with Crippen molar-refractivity contribution in [3.63, 3.8) is 0 Å². The van der Waals surface area contributed by atoms with Crippen LogP contribution in [0.5, 0.6) is 0 Å². The average molecular weight is 267 g/mol. The van der Waals surface area contributed by atoms with Gasteiger partial charge in [-0.15, -0.1) is 0 Å². The fourth-order valence-corrected chi connectivity index (χ4v) is 2.43. The molecule has 1 fully saturated rings. The summed E-state index contributed by atoms with van der Waals surface area (Å²) < 4.78 is 7.26. The molecule has 0 bridgehead atoms.